The van der Waals surface area contributed by atoms with Gasteiger partial charge in [-0.25, -0.2) is 0 Å². The Bertz CT molecular complexity index is 760. The molecule has 0 bridgehead atoms. The van der Waals surface area contributed by atoms with Crippen LogP contribution < -0.4 is 10.6 Å². The van der Waals surface area contributed by atoms with Crippen molar-refractivity contribution in [1.82, 2.24) is 4.90 Å². The number of carbonyl (C=O) groups is 2. The van der Waals surface area contributed by atoms with Crippen LogP contribution in [0.2, 0.25) is 0 Å². The average molecular weight is 404 g/mol. The lowest BCUT2D eigenvalue weighted by Crippen LogP contribution is -2.38. The predicted molar refractivity (Wildman–Crippen MR) is 105 cm³/mol. The molecule has 0 unspecified atom stereocenters. The van der Waals surface area contributed by atoms with Crippen LogP contribution in [-0.2, 0) is 9.59 Å². The molecule has 132 valence electrons. The molecule has 0 aliphatic carbocycles. The number of anilines is 2. The minimum Gasteiger partial charge on any atom is -0.375 e. The summed E-state index contributed by atoms with van der Waals surface area (Å²) in [4.78, 5) is 25.6. The number of carbonyl (C=O) groups excluding carboxylic acids is 2. The average Bonchev–Trinajstić information content (AvgIpc) is 2.55. The van der Waals surface area contributed by atoms with Crippen molar-refractivity contribution in [3.8, 4) is 0 Å². The summed E-state index contributed by atoms with van der Waals surface area (Å²) in [7, 11) is 1.61. The SMILES string of the molecule is Cc1ccc(NC(=O)CN(C)C(=O)CNc2ccc(C)cc2Br)cc1. The summed E-state index contributed by atoms with van der Waals surface area (Å²) in [6.45, 7) is 4.11. The molecule has 0 saturated heterocycles. The number of amides is 2. The maximum absolute atomic E-state index is 12.2. The Labute approximate surface area is 156 Å². The Morgan fingerprint density at radius 2 is 1.68 bits per heavy atom. The van der Waals surface area contributed by atoms with Crippen molar-refractivity contribution < 1.29 is 9.59 Å². The summed E-state index contributed by atoms with van der Waals surface area (Å²) in [6, 6.07) is 13.4. The number of benzene rings is 2. The molecule has 0 aliphatic rings. The maximum atomic E-state index is 12.2. The summed E-state index contributed by atoms with van der Waals surface area (Å²) in [5, 5.41) is 5.86. The molecular formula is C19H22BrN3O2. The van der Waals surface area contributed by atoms with Crippen LogP contribution >= 0.6 is 15.9 Å². The van der Waals surface area contributed by atoms with E-state index in [4.69, 9.17) is 0 Å². The topological polar surface area (TPSA) is 61.4 Å². The van der Waals surface area contributed by atoms with Crippen LogP contribution in [0.5, 0.6) is 0 Å². The van der Waals surface area contributed by atoms with Crippen LogP contribution in [0.15, 0.2) is 46.9 Å². The van der Waals surface area contributed by atoms with Crippen molar-refractivity contribution in [2.75, 3.05) is 30.8 Å². The second-order valence-electron chi connectivity index (χ2n) is 6.00. The molecule has 2 aromatic carbocycles. The van der Waals surface area contributed by atoms with E-state index in [2.05, 4.69) is 26.6 Å². The smallest absolute Gasteiger partial charge is 0.243 e. The van der Waals surface area contributed by atoms with E-state index >= 15 is 0 Å². The number of likely N-dealkylation sites (N-methyl/N-ethyl adjacent to an activating group) is 1. The van der Waals surface area contributed by atoms with E-state index < -0.39 is 0 Å². The summed E-state index contributed by atoms with van der Waals surface area (Å²) in [6.07, 6.45) is 0. The first-order valence-corrected chi connectivity index (χ1v) is 8.75. The Morgan fingerprint density at radius 1 is 1.04 bits per heavy atom. The van der Waals surface area contributed by atoms with Gasteiger partial charge in [-0.1, -0.05) is 23.8 Å². The highest BCUT2D eigenvalue weighted by atomic mass is 79.9. The van der Waals surface area contributed by atoms with Gasteiger partial charge in [-0.3, -0.25) is 9.59 Å². The Hall–Kier alpha value is -2.34. The third kappa shape index (κ3) is 5.90. The maximum Gasteiger partial charge on any atom is 0.243 e. The van der Waals surface area contributed by atoms with Crippen LogP contribution in [-0.4, -0.2) is 36.9 Å². The fourth-order valence-corrected chi connectivity index (χ4v) is 2.84. The van der Waals surface area contributed by atoms with Gasteiger partial charge in [-0.2, -0.15) is 0 Å². The lowest BCUT2D eigenvalue weighted by molar-refractivity contribution is -0.131. The summed E-state index contributed by atoms with van der Waals surface area (Å²) >= 11 is 3.47. The standard InChI is InChI=1S/C19H22BrN3O2/c1-13-4-7-15(8-5-13)22-18(24)12-23(3)19(25)11-21-17-9-6-14(2)10-16(17)20/h4-10,21H,11-12H2,1-3H3,(H,22,24). The van der Waals surface area contributed by atoms with Crippen LogP contribution in [0, 0.1) is 13.8 Å². The second kappa shape index (κ2) is 8.67. The van der Waals surface area contributed by atoms with E-state index in [1.165, 1.54) is 4.90 Å². The quantitative estimate of drug-likeness (QED) is 0.774. The minimum absolute atomic E-state index is 0.00343. The number of nitrogens with zero attached hydrogens (tertiary/aromatic N) is 1. The molecule has 2 amide bonds. The molecule has 5 nitrogen and oxygen atoms in total. The van der Waals surface area contributed by atoms with Gasteiger partial charge in [0.1, 0.15) is 0 Å². The Balaban J connectivity index is 1.82. The number of halogens is 1. The Kier molecular flexibility index (Phi) is 6.58. The molecule has 6 heteroatoms. The molecule has 2 rings (SSSR count). The Morgan fingerprint density at radius 3 is 2.32 bits per heavy atom. The van der Waals surface area contributed by atoms with Gasteiger partial charge >= 0.3 is 0 Å². The molecule has 2 N–H and O–H groups in total. The van der Waals surface area contributed by atoms with E-state index in [0.29, 0.717) is 0 Å². The van der Waals surface area contributed by atoms with E-state index in [9.17, 15) is 9.59 Å². The minimum atomic E-state index is -0.226. The van der Waals surface area contributed by atoms with E-state index in [1.54, 1.807) is 7.05 Å². The van der Waals surface area contributed by atoms with Crippen molar-refractivity contribution in [3.05, 3.63) is 58.1 Å². The number of hydrogen-bond acceptors (Lipinski definition) is 3. The monoisotopic (exact) mass is 403 g/mol. The number of hydrogen-bond donors (Lipinski definition) is 2. The van der Waals surface area contributed by atoms with Crippen LogP contribution in [0.25, 0.3) is 0 Å². The molecule has 0 heterocycles. The van der Waals surface area contributed by atoms with Gasteiger partial charge < -0.3 is 15.5 Å². The second-order valence-corrected chi connectivity index (χ2v) is 6.86. The van der Waals surface area contributed by atoms with Gasteiger partial charge in [0, 0.05) is 22.9 Å². The largest absolute Gasteiger partial charge is 0.375 e. The van der Waals surface area contributed by atoms with E-state index in [1.807, 2.05) is 56.3 Å². The molecule has 0 atom stereocenters. The van der Waals surface area contributed by atoms with Crippen molar-refractivity contribution in [2.45, 2.75) is 13.8 Å². The molecule has 0 spiro atoms. The van der Waals surface area contributed by atoms with Crippen molar-refractivity contribution in [1.29, 1.82) is 0 Å². The van der Waals surface area contributed by atoms with E-state index in [0.717, 1.165) is 27.0 Å². The molecule has 0 radical (unpaired) electrons. The zero-order chi connectivity index (χ0) is 18.4. The third-order valence-corrected chi connectivity index (χ3v) is 4.35. The highest BCUT2D eigenvalue weighted by Crippen LogP contribution is 2.23. The first-order valence-electron chi connectivity index (χ1n) is 7.95. The highest BCUT2D eigenvalue weighted by molar-refractivity contribution is 9.10. The lowest BCUT2D eigenvalue weighted by atomic mass is 10.2. The normalized spacial score (nSPS) is 10.2. The third-order valence-electron chi connectivity index (χ3n) is 3.70. The first kappa shape index (κ1) is 19.0. The molecule has 25 heavy (non-hydrogen) atoms. The summed E-state index contributed by atoms with van der Waals surface area (Å²) < 4.78 is 0.903. The highest BCUT2D eigenvalue weighted by Gasteiger charge is 2.13. The van der Waals surface area contributed by atoms with Crippen LogP contribution in [0.3, 0.4) is 0 Å². The number of aryl methyl sites for hydroxylation is 2. The molecule has 2 aromatic rings. The van der Waals surface area contributed by atoms with Gasteiger partial charge in [-0.15, -0.1) is 0 Å². The van der Waals surface area contributed by atoms with Crippen molar-refractivity contribution >= 4 is 39.1 Å². The number of nitrogens with one attached hydrogen (secondary N) is 2. The van der Waals surface area contributed by atoms with Crippen LogP contribution in [0.4, 0.5) is 11.4 Å². The molecule has 0 saturated carbocycles. The van der Waals surface area contributed by atoms with Crippen molar-refractivity contribution in [3.63, 3.8) is 0 Å². The van der Waals surface area contributed by atoms with Gasteiger partial charge in [-0.05, 0) is 59.6 Å². The van der Waals surface area contributed by atoms with Gasteiger partial charge in [0.05, 0.1) is 13.1 Å². The molecule has 0 fully saturated rings. The van der Waals surface area contributed by atoms with Gasteiger partial charge in [0.15, 0.2) is 0 Å². The zero-order valence-electron chi connectivity index (χ0n) is 14.6. The van der Waals surface area contributed by atoms with E-state index in [-0.39, 0.29) is 24.9 Å². The predicted octanol–water partition coefficient (Wildman–Crippen LogP) is 3.57. The number of rotatable bonds is 6. The van der Waals surface area contributed by atoms with Crippen LogP contribution in [0.1, 0.15) is 11.1 Å². The lowest BCUT2D eigenvalue weighted by Gasteiger charge is -2.18. The summed E-state index contributed by atoms with van der Waals surface area (Å²) in [5.74, 6) is -0.386. The zero-order valence-corrected chi connectivity index (χ0v) is 16.2. The fraction of sp³-hybridized carbons (Fsp3) is 0.263. The molecule has 0 aromatic heterocycles. The first-order chi connectivity index (χ1) is 11.8. The molecular weight excluding hydrogens is 382 g/mol. The fourth-order valence-electron chi connectivity index (χ4n) is 2.21. The van der Waals surface area contributed by atoms with Gasteiger partial charge in [0.25, 0.3) is 0 Å². The van der Waals surface area contributed by atoms with Gasteiger partial charge in [0.2, 0.25) is 11.8 Å². The summed E-state index contributed by atoms with van der Waals surface area (Å²) in [5.41, 5.74) is 3.82. The van der Waals surface area contributed by atoms with Crippen molar-refractivity contribution in [2.24, 2.45) is 0 Å². The molecule has 0 aliphatic heterocycles.